The summed E-state index contributed by atoms with van der Waals surface area (Å²) in [4.78, 5) is 23.4. The molecular formula is C15H9Cl2F2NO3. The number of amides is 1. The summed E-state index contributed by atoms with van der Waals surface area (Å²) in [5.41, 5.74) is -0.365. The van der Waals surface area contributed by atoms with Crippen molar-refractivity contribution in [3.05, 3.63) is 63.6 Å². The summed E-state index contributed by atoms with van der Waals surface area (Å²) in [5, 5.41) is 2.47. The maximum atomic E-state index is 13.4. The number of nitrogens with one attached hydrogen (secondary N) is 1. The highest BCUT2D eigenvalue weighted by molar-refractivity contribution is 6.35. The van der Waals surface area contributed by atoms with E-state index in [-0.39, 0.29) is 21.3 Å². The smallest absolute Gasteiger partial charge is 0.340 e. The van der Waals surface area contributed by atoms with Gasteiger partial charge >= 0.3 is 5.97 Å². The van der Waals surface area contributed by atoms with Gasteiger partial charge in [-0.25, -0.2) is 13.6 Å². The molecule has 0 aromatic heterocycles. The third-order valence-corrected chi connectivity index (χ3v) is 3.25. The first-order valence-corrected chi connectivity index (χ1v) is 6.99. The van der Waals surface area contributed by atoms with Gasteiger partial charge in [-0.05, 0) is 30.3 Å². The van der Waals surface area contributed by atoms with E-state index in [4.69, 9.17) is 27.9 Å². The summed E-state index contributed by atoms with van der Waals surface area (Å²) < 4.78 is 31.1. The van der Waals surface area contributed by atoms with E-state index in [1.165, 1.54) is 18.2 Å². The fourth-order valence-corrected chi connectivity index (χ4v) is 2.01. The van der Waals surface area contributed by atoms with E-state index in [0.29, 0.717) is 0 Å². The second-order valence-electron chi connectivity index (χ2n) is 4.37. The van der Waals surface area contributed by atoms with Gasteiger partial charge in [-0.3, -0.25) is 4.79 Å². The van der Waals surface area contributed by atoms with Crippen LogP contribution in [0.4, 0.5) is 14.5 Å². The topological polar surface area (TPSA) is 55.4 Å². The zero-order valence-corrected chi connectivity index (χ0v) is 12.9. The van der Waals surface area contributed by atoms with Crippen molar-refractivity contribution >= 4 is 40.8 Å². The molecule has 8 heteroatoms. The van der Waals surface area contributed by atoms with Gasteiger partial charge in [0.1, 0.15) is 11.6 Å². The Kier molecular flexibility index (Phi) is 5.52. The largest absolute Gasteiger partial charge is 0.452 e. The zero-order valence-electron chi connectivity index (χ0n) is 11.4. The van der Waals surface area contributed by atoms with Crippen molar-refractivity contribution in [3.63, 3.8) is 0 Å². The average molecular weight is 360 g/mol. The van der Waals surface area contributed by atoms with Crippen molar-refractivity contribution in [1.82, 2.24) is 0 Å². The monoisotopic (exact) mass is 359 g/mol. The first-order valence-electron chi connectivity index (χ1n) is 6.24. The van der Waals surface area contributed by atoms with Crippen LogP contribution in [0, 0.1) is 11.6 Å². The molecule has 0 atom stereocenters. The number of hydrogen-bond donors (Lipinski definition) is 1. The SMILES string of the molecule is O=C(COC(=O)c1cc(Cl)ccc1Cl)Nc1cc(F)ccc1F. The summed E-state index contributed by atoms with van der Waals surface area (Å²) in [6.45, 7) is -0.697. The quantitative estimate of drug-likeness (QED) is 0.837. The Morgan fingerprint density at radius 1 is 1.09 bits per heavy atom. The standard InChI is InChI=1S/C15H9Cl2F2NO3/c16-8-1-3-11(17)10(5-8)15(22)23-7-14(21)20-13-6-9(18)2-4-12(13)19/h1-6H,7H2,(H,20,21). The second-order valence-corrected chi connectivity index (χ2v) is 5.22. The summed E-state index contributed by atoms with van der Waals surface area (Å²) in [5.74, 6) is -3.23. The van der Waals surface area contributed by atoms with Crippen LogP contribution < -0.4 is 5.32 Å². The molecule has 0 bridgehead atoms. The predicted octanol–water partition coefficient (Wildman–Crippen LogP) is 4.07. The van der Waals surface area contributed by atoms with Gasteiger partial charge < -0.3 is 10.1 Å². The van der Waals surface area contributed by atoms with E-state index < -0.39 is 30.1 Å². The van der Waals surface area contributed by atoms with Crippen LogP contribution >= 0.6 is 23.2 Å². The third kappa shape index (κ3) is 4.64. The lowest BCUT2D eigenvalue weighted by Crippen LogP contribution is -2.21. The van der Waals surface area contributed by atoms with Gasteiger partial charge in [0.2, 0.25) is 0 Å². The van der Waals surface area contributed by atoms with Gasteiger partial charge in [0.25, 0.3) is 5.91 Å². The molecule has 0 radical (unpaired) electrons. The molecule has 0 aliphatic heterocycles. The highest BCUT2D eigenvalue weighted by atomic mass is 35.5. The molecule has 120 valence electrons. The fourth-order valence-electron chi connectivity index (χ4n) is 1.64. The second kappa shape index (κ2) is 7.39. The van der Waals surface area contributed by atoms with Gasteiger partial charge in [-0.1, -0.05) is 23.2 Å². The lowest BCUT2D eigenvalue weighted by molar-refractivity contribution is -0.119. The van der Waals surface area contributed by atoms with E-state index in [1.807, 2.05) is 0 Å². The Balaban J connectivity index is 1.97. The van der Waals surface area contributed by atoms with Crippen molar-refractivity contribution in [1.29, 1.82) is 0 Å². The van der Waals surface area contributed by atoms with Crippen molar-refractivity contribution in [2.45, 2.75) is 0 Å². The summed E-state index contributed by atoms with van der Waals surface area (Å²) >= 11 is 11.6. The lowest BCUT2D eigenvalue weighted by Gasteiger charge is -2.08. The zero-order chi connectivity index (χ0) is 17.0. The minimum Gasteiger partial charge on any atom is -0.452 e. The van der Waals surface area contributed by atoms with E-state index in [0.717, 1.165) is 18.2 Å². The molecule has 0 aliphatic rings. The lowest BCUT2D eigenvalue weighted by atomic mass is 10.2. The van der Waals surface area contributed by atoms with Crippen LogP contribution in [0.3, 0.4) is 0 Å². The molecule has 0 saturated heterocycles. The Bertz CT molecular complexity index is 768. The molecule has 0 fully saturated rings. The van der Waals surface area contributed by atoms with Crippen LogP contribution in [0.1, 0.15) is 10.4 Å². The third-order valence-electron chi connectivity index (χ3n) is 2.69. The molecule has 1 amide bonds. The molecule has 2 aromatic carbocycles. The highest BCUT2D eigenvalue weighted by Gasteiger charge is 2.15. The molecule has 2 aromatic rings. The maximum absolute atomic E-state index is 13.4. The number of halogens is 4. The number of carbonyl (C=O) groups excluding carboxylic acids is 2. The highest BCUT2D eigenvalue weighted by Crippen LogP contribution is 2.21. The first-order chi connectivity index (χ1) is 10.9. The number of rotatable bonds is 4. The summed E-state index contributed by atoms with van der Waals surface area (Å²) in [7, 11) is 0. The van der Waals surface area contributed by atoms with Crippen LogP contribution in [0.15, 0.2) is 36.4 Å². The number of hydrogen-bond acceptors (Lipinski definition) is 3. The van der Waals surface area contributed by atoms with Crippen LogP contribution in [0.25, 0.3) is 0 Å². The van der Waals surface area contributed by atoms with Gasteiger partial charge in [0.05, 0.1) is 16.3 Å². The number of benzene rings is 2. The van der Waals surface area contributed by atoms with Crippen molar-refractivity contribution in [2.24, 2.45) is 0 Å². The van der Waals surface area contributed by atoms with Gasteiger partial charge in [-0.15, -0.1) is 0 Å². The Morgan fingerprint density at radius 3 is 2.57 bits per heavy atom. The maximum Gasteiger partial charge on any atom is 0.340 e. The Morgan fingerprint density at radius 2 is 1.83 bits per heavy atom. The molecule has 0 aliphatic carbocycles. The molecular weight excluding hydrogens is 351 g/mol. The van der Waals surface area contributed by atoms with Crippen molar-refractivity contribution in [3.8, 4) is 0 Å². The average Bonchev–Trinajstić information content (AvgIpc) is 2.51. The van der Waals surface area contributed by atoms with Gasteiger partial charge in [0, 0.05) is 11.1 Å². The van der Waals surface area contributed by atoms with E-state index >= 15 is 0 Å². The minimum absolute atomic E-state index is 0.0103. The minimum atomic E-state index is -0.868. The van der Waals surface area contributed by atoms with Gasteiger partial charge in [0.15, 0.2) is 6.61 Å². The molecule has 0 heterocycles. The summed E-state index contributed by atoms with van der Waals surface area (Å²) in [6, 6.07) is 6.76. The van der Waals surface area contributed by atoms with Crippen LogP contribution in [0.2, 0.25) is 10.0 Å². The van der Waals surface area contributed by atoms with Gasteiger partial charge in [-0.2, -0.15) is 0 Å². The Labute approximate surface area is 140 Å². The molecule has 2 rings (SSSR count). The van der Waals surface area contributed by atoms with E-state index in [2.05, 4.69) is 5.32 Å². The van der Waals surface area contributed by atoms with E-state index in [1.54, 1.807) is 0 Å². The molecule has 0 unspecified atom stereocenters. The van der Waals surface area contributed by atoms with Crippen LogP contribution in [-0.2, 0) is 9.53 Å². The molecule has 0 spiro atoms. The van der Waals surface area contributed by atoms with Crippen LogP contribution in [0.5, 0.6) is 0 Å². The number of anilines is 1. The first kappa shape index (κ1) is 17.2. The number of carbonyl (C=O) groups is 2. The molecule has 23 heavy (non-hydrogen) atoms. The van der Waals surface area contributed by atoms with Crippen LogP contribution in [-0.4, -0.2) is 18.5 Å². The molecule has 0 saturated carbocycles. The van der Waals surface area contributed by atoms with Crippen molar-refractivity contribution in [2.75, 3.05) is 11.9 Å². The molecule has 4 nitrogen and oxygen atoms in total. The molecule has 1 N–H and O–H groups in total. The van der Waals surface area contributed by atoms with Crippen molar-refractivity contribution < 1.29 is 23.1 Å². The normalized spacial score (nSPS) is 10.3. The predicted molar refractivity (Wildman–Crippen MR) is 81.7 cm³/mol. The Hall–Kier alpha value is -2.18. The number of ether oxygens (including phenoxy) is 1. The fraction of sp³-hybridized carbons (Fsp3) is 0.0667. The summed E-state index contributed by atoms with van der Waals surface area (Å²) in [6.07, 6.45) is 0. The van der Waals surface area contributed by atoms with E-state index in [9.17, 15) is 18.4 Å². The number of esters is 1.